The van der Waals surface area contributed by atoms with Crippen LogP contribution in [0.5, 0.6) is 0 Å². The molecule has 0 fully saturated rings. The third-order valence-electron chi connectivity index (χ3n) is 5.56. The fraction of sp³-hybridized carbons (Fsp3) is 0.400. The fourth-order valence-electron chi connectivity index (χ4n) is 3.89. The van der Waals surface area contributed by atoms with Gasteiger partial charge in [-0.1, -0.05) is 69.2 Å². The molecule has 30 heavy (non-hydrogen) atoms. The van der Waals surface area contributed by atoms with Crippen LogP contribution in [0.3, 0.4) is 0 Å². The molecule has 0 saturated carbocycles. The van der Waals surface area contributed by atoms with Crippen LogP contribution < -0.4 is 5.32 Å². The van der Waals surface area contributed by atoms with E-state index in [1.54, 1.807) is 24.3 Å². The molecule has 1 heterocycles. The molecule has 0 aliphatic carbocycles. The van der Waals surface area contributed by atoms with Crippen molar-refractivity contribution in [2.75, 3.05) is 6.54 Å². The van der Waals surface area contributed by atoms with Gasteiger partial charge in [0.05, 0.1) is 17.2 Å². The van der Waals surface area contributed by atoms with Crippen LogP contribution in [-0.2, 0) is 4.79 Å². The zero-order valence-corrected chi connectivity index (χ0v) is 17.8. The van der Waals surface area contributed by atoms with Crippen molar-refractivity contribution < 1.29 is 14.4 Å². The Labute approximate surface area is 178 Å². The number of amides is 3. The number of fused-ring (bicyclic) bond motifs is 1. The van der Waals surface area contributed by atoms with Crippen molar-refractivity contribution in [1.29, 1.82) is 0 Å². The molecule has 0 aromatic heterocycles. The zero-order valence-electron chi connectivity index (χ0n) is 17.8. The van der Waals surface area contributed by atoms with E-state index in [0.29, 0.717) is 30.0 Å². The number of rotatable bonds is 10. The van der Waals surface area contributed by atoms with E-state index in [9.17, 15) is 14.4 Å². The molecule has 0 spiro atoms. The molecule has 0 saturated heterocycles. The highest BCUT2D eigenvalue weighted by atomic mass is 16.2. The van der Waals surface area contributed by atoms with E-state index in [-0.39, 0.29) is 23.8 Å². The molecule has 3 amide bonds. The lowest BCUT2D eigenvalue weighted by atomic mass is 9.96. The lowest BCUT2D eigenvalue weighted by Crippen LogP contribution is -2.31. The molecule has 2 aromatic carbocycles. The highest BCUT2D eigenvalue weighted by molar-refractivity contribution is 6.21. The van der Waals surface area contributed by atoms with Gasteiger partial charge in [0, 0.05) is 13.0 Å². The van der Waals surface area contributed by atoms with E-state index in [2.05, 4.69) is 19.2 Å². The van der Waals surface area contributed by atoms with E-state index in [4.69, 9.17) is 0 Å². The molecule has 5 nitrogen and oxygen atoms in total. The number of nitrogens with one attached hydrogen (secondary N) is 1. The van der Waals surface area contributed by atoms with Gasteiger partial charge in [-0.15, -0.1) is 0 Å². The van der Waals surface area contributed by atoms with Gasteiger partial charge in [-0.2, -0.15) is 0 Å². The minimum absolute atomic E-state index is 0.0209. The molecular formula is C25H30N2O3. The predicted octanol–water partition coefficient (Wildman–Crippen LogP) is 4.75. The van der Waals surface area contributed by atoms with Crippen LogP contribution >= 0.6 is 0 Å². The first-order chi connectivity index (χ1) is 14.5. The minimum atomic E-state index is -0.199. The van der Waals surface area contributed by atoms with Gasteiger partial charge >= 0.3 is 0 Å². The SMILES string of the molecule is CC(C)C(NC(=O)CCCCCCN1C(=O)c2ccccc2C1=O)c1ccccc1. The molecule has 1 atom stereocenters. The number of carbonyl (C=O) groups is 3. The molecule has 1 unspecified atom stereocenters. The predicted molar refractivity (Wildman–Crippen MR) is 117 cm³/mol. The first-order valence-corrected chi connectivity index (χ1v) is 10.8. The Balaban J connectivity index is 1.36. The Kier molecular flexibility index (Phi) is 7.39. The molecule has 0 bridgehead atoms. The molecular weight excluding hydrogens is 376 g/mol. The number of benzene rings is 2. The van der Waals surface area contributed by atoms with Gasteiger partial charge in [-0.25, -0.2) is 0 Å². The van der Waals surface area contributed by atoms with Crippen molar-refractivity contribution in [3.8, 4) is 0 Å². The van der Waals surface area contributed by atoms with Crippen molar-refractivity contribution in [2.24, 2.45) is 5.92 Å². The largest absolute Gasteiger partial charge is 0.349 e. The smallest absolute Gasteiger partial charge is 0.261 e. The average Bonchev–Trinajstić information content (AvgIpc) is 2.99. The molecule has 1 aliphatic heterocycles. The zero-order chi connectivity index (χ0) is 21.5. The second-order valence-electron chi connectivity index (χ2n) is 8.17. The summed E-state index contributed by atoms with van der Waals surface area (Å²) in [5.41, 5.74) is 2.12. The normalized spacial score (nSPS) is 14.2. The maximum absolute atomic E-state index is 12.4. The van der Waals surface area contributed by atoms with E-state index in [1.165, 1.54) is 4.90 Å². The molecule has 0 radical (unpaired) electrons. The lowest BCUT2D eigenvalue weighted by Gasteiger charge is -2.23. The molecule has 5 heteroatoms. The van der Waals surface area contributed by atoms with Gasteiger partial charge in [0.2, 0.25) is 5.91 Å². The molecule has 1 aliphatic rings. The maximum Gasteiger partial charge on any atom is 0.261 e. The summed E-state index contributed by atoms with van der Waals surface area (Å²) in [7, 11) is 0. The number of nitrogens with zero attached hydrogens (tertiary/aromatic N) is 1. The topological polar surface area (TPSA) is 66.5 Å². The standard InChI is InChI=1S/C25H30N2O3/c1-18(2)23(19-12-6-5-7-13-19)26-22(28)16-8-3-4-11-17-27-24(29)20-14-9-10-15-21(20)25(27)30/h5-7,9-10,12-15,18,23H,3-4,8,11,16-17H2,1-2H3,(H,26,28). The van der Waals surface area contributed by atoms with Crippen molar-refractivity contribution >= 4 is 17.7 Å². The highest BCUT2D eigenvalue weighted by Crippen LogP contribution is 2.23. The van der Waals surface area contributed by atoms with Crippen molar-refractivity contribution in [2.45, 2.75) is 52.0 Å². The summed E-state index contributed by atoms with van der Waals surface area (Å²) in [6, 6.07) is 17.0. The fourth-order valence-corrected chi connectivity index (χ4v) is 3.89. The second kappa shape index (κ2) is 10.2. The van der Waals surface area contributed by atoms with Gasteiger partial charge < -0.3 is 5.32 Å². The summed E-state index contributed by atoms with van der Waals surface area (Å²) in [5, 5.41) is 3.15. The quantitative estimate of drug-likeness (QED) is 0.457. The molecule has 1 N–H and O–H groups in total. The minimum Gasteiger partial charge on any atom is -0.349 e. The summed E-state index contributed by atoms with van der Waals surface area (Å²) in [6.07, 6.45) is 3.82. The van der Waals surface area contributed by atoms with Gasteiger partial charge in [0.15, 0.2) is 0 Å². The monoisotopic (exact) mass is 406 g/mol. The first kappa shape index (κ1) is 21.8. The number of carbonyl (C=O) groups excluding carboxylic acids is 3. The highest BCUT2D eigenvalue weighted by Gasteiger charge is 2.34. The van der Waals surface area contributed by atoms with Gasteiger partial charge in [-0.05, 0) is 36.5 Å². The van der Waals surface area contributed by atoms with Crippen LogP contribution in [0.2, 0.25) is 0 Å². The third-order valence-corrected chi connectivity index (χ3v) is 5.56. The number of imide groups is 1. The van der Waals surface area contributed by atoms with Crippen molar-refractivity contribution in [3.05, 3.63) is 71.3 Å². The van der Waals surface area contributed by atoms with Crippen LogP contribution in [0.15, 0.2) is 54.6 Å². The molecule has 2 aromatic rings. The van der Waals surface area contributed by atoms with E-state index < -0.39 is 0 Å². The van der Waals surface area contributed by atoms with E-state index in [1.807, 2.05) is 30.3 Å². The summed E-state index contributed by atoms with van der Waals surface area (Å²) in [6.45, 7) is 4.65. The summed E-state index contributed by atoms with van der Waals surface area (Å²) in [5.74, 6) is -0.0138. The summed E-state index contributed by atoms with van der Waals surface area (Å²) in [4.78, 5) is 38.4. The summed E-state index contributed by atoms with van der Waals surface area (Å²) >= 11 is 0. The van der Waals surface area contributed by atoms with Crippen molar-refractivity contribution in [3.63, 3.8) is 0 Å². The summed E-state index contributed by atoms with van der Waals surface area (Å²) < 4.78 is 0. The van der Waals surface area contributed by atoms with Crippen molar-refractivity contribution in [1.82, 2.24) is 10.2 Å². The van der Waals surface area contributed by atoms with Crippen LogP contribution in [0, 0.1) is 5.92 Å². The van der Waals surface area contributed by atoms with Gasteiger partial charge in [0.1, 0.15) is 0 Å². The van der Waals surface area contributed by atoms with Crippen LogP contribution in [0.25, 0.3) is 0 Å². The van der Waals surface area contributed by atoms with Crippen LogP contribution in [-0.4, -0.2) is 29.2 Å². The molecule has 158 valence electrons. The van der Waals surface area contributed by atoms with E-state index in [0.717, 1.165) is 31.2 Å². The Morgan fingerprint density at radius 1 is 0.833 bits per heavy atom. The average molecular weight is 407 g/mol. The lowest BCUT2D eigenvalue weighted by molar-refractivity contribution is -0.122. The number of unbranched alkanes of at least 4 members (excludes halogenated alkanes) is 3. The van der Waals surface area contributed by atoms with Gasteiger partial charge in [0.25, 0.3) is 11.8 Å². The number of hydrogen-bond donors (Lipinski definition) is 1. The van der Waals surface area contributed by atoms with E-state index >= 15 is 0 Å². The Morgan fingerprint density at radius 2 is 1.40 bits per heavy atom. The van der Waals surface area contributed by atoms with Crippen LogP contribution in [0.1, 0.15) is 78.3 Å². The number of hydrogen-bond acceptors (Lipinski definition) is 3. The second-order valence-corrected chi connectivity index (χ2v) is 8.17. The van der Waals surface area contributed by atoms with Gasteiger partial charge in [-0.3, -0.25) is 19.3 Å². The van der Waals surface area contributed by atoms with Crippen LogP contribution in [0.4, 0.5) is 0 Å². The molecule has 3 rings (SSSR count). The Bertz CT molecular complexity index is 857. The maximum atomic E-state index is 12.4. The first-order valence-electron chi connectivity index (χ1n) is 10.8. The Morgan fingerprint density at radius 3 is 2.00 bits per heavy atom. The third kappa shape index (κ3) is 5.15. The Hall–Kier alpha value is -2.95.